The minimum Gasteiger partial charge on any atom is -0.457 e. The van der Waals surface area contributed by atoms with Gasteiger partial charge >= 0.3 is 0 Å². The van der Waals surface area contributed by atoms with Crippen molar-refractivity contribution in [2.75, 3.05) is 6.61 Å². The van der Waals surface area contributed by atoms with Crippen LogP contribution < -0.4 is 4.74 Å². The van der Waals surface area contributed by atoms with Gasteiger partial charge in [-0.3, -0.25) is 14.4 Å². The molecule has 5 aliphatic rings. The van der Waals surface area contributed by atoms with Crippen LogP contribution in [0.1, 0.15) is 68.7 Å². The lowest BCUT2D eigenvalue weighted by Crippen LogP contribution is -2.63. The Balaban J connectivity index is 1.15. The highest BCUT2D eigenvalue weighted by molar-refractivity contribution is 6.01. The Labute approximate surface area is 256 Å². The molecule has 0 spiro atoms. The number of fused-ring (bicyclic) bond motifs is 7. The molecule has 0 bridgehead atoms. The Morgan fingerprint density at radius 1 is 1.05 bits per heavy atom. The van der Waals surface area contributed by atoms with Gasteiger partial charge in [0.2, 0.25) is 0 Å². The van der Waals surface area contributed by atoms with Gasteiger partial charge in [0.25, 0.3) is 0 Å². The van der Waals surface area contributed by atoms with E-state index >= 15 is 0 Å². The largest absolute Gasteiger partial charge is 0.457 e. The summed E-state index contributed by atoms with van der Waals surface area (Å²) in [6.07, 6.45) is 5.68. The molecule has 4 fully saturated rings. The molecule has 7 rings (SSSR count). The maximum absolute atomic E-state index is 13.7. The number of rotatable bonds is 6. The summed E-state index contributed by atoms with van der Waals surface area (Å²) in [5, 5.41) is 22.0. The average Bonchev–Trinajstić information content (AvgIpc) is 3.50. The molecule has 4 aliphatic carbocycles. The first-order valence-electron chi connectivity index (χ1n) is 15.5. The van der Waals surface area contributed by atoms with E-state index in [0.29, 0.717) is 29.9 Å². The van der Waals surface area contributed by atoms with Gasteiger partial charge in [0.05, 0.1) is 12.2 Å². The second-order valence-corrected chi connectivity index (χ2v) is 13.6. The lowest BCUT2D eigenvalue weighted by molar-refractivity contribution is -0.201. The number of carbonyl (C=O) groups is 3. The molecule has 3 saturated carbocycles. The first-order valence-corrected chi connectivity index (χ1v) is 15.5. The highest BCUT2D eigenvalue weighted by Crippen LogP contribution is 2.70. The third-order valence-corrected chi connectivity index (χ3v) is 11.4. The van der Waals surface area contributed by atoms with Crippen LogP contribution in [0.4, 0.5) is 0 Å². The number of allylic oxidation sites excluding steroid dienone is 4. The molecule has 1 aliphatic heterocycles. The number of carbonyl (C=O) groups excluding carboxylic acids is 3. The third-order valence-electron chi connectivity index (χ3n) is 11.4. The Bertz CT molecular complexity index is 1570. The zero-order valence-electron chi connectivity index (χ0n) is 25.2. The number of hydrogen-bond acceptors (Lipinski definition) is 8. The summed E-state index contributed by atoms with van der Waals surface area (Å²) in [5.74, 6) is 0.796. The first kappa shape index (κ1) is 29.3. The van der Waals surface area contributed by atoms with Crippen LogP contribution in [0.2, 0.25) is 0 Å². The van der Waals surface area contributed by atoms with E-state index in [1.807, 2.05) is 25.1 Å². The van der Waals surface area contributed by atoms with Gasteiger partial charge in [-0.2, -0.15) is 0 Å². The SMILES string of the molecule is CC(=O)c1ccc(Oc2ccc([C@@H]3O[C@@H]4C[C@H]5[C@@H]6CCC7=CC(=O)C=C[C@]7(C)[C@H]6[C@@H](O)C[C@]5(C)[C@]4(C(=O)CO)O3)cc2)cc1. The third kappa shape index (κ3) is 4.15. The van der Waals surface area contributed by atoms with Crippen molar-refractivity contribution in [2.24, 2.45) is 28.6 Å². The van der Waals surface area contributed by atoms with Crippen molar-refractivity contribution < 1.29 is 38.8 Å². The molecule has 2 aromatic carbocycles. The molecule has 9 atom stereocenters. The van der Waals surface area contributed by atoms with E-state index in [4.69, 9.17) is 14.2 Å². The van der Waals surface area contributed by atoms with Crippen molar-refractivity contribution in [1.29, 1.82) is 0 Å². The number of aliphatic hydroxyl groups is 2. The van der Waals surface area contributed by atoms with Gasteiger partial charge in [0.1, 0.15) is 18.1 Å². The van der Waals surface area contributed by atoms with Gasteiger partial charge in [-0.05, 0) is 93.0 Å². The van der Waals surface area contributed by atoms with Crippen LogP contribution in [0.5, 0.6) is 11.5 Å². The molecular formula is C36H38O8. The van der Waals surface area contributed by atoms with Gasteiger partial charge in [-0.1, -0.05) is 37.6 Å². The predicted octanol–water partition coefficient (Wildman–Crippen LogP) is 5.28. The minimum atomic E-state index is -1.40. The molecule has 230 valence electrons. The summed E-state index contributed by atoms with van der Waals surface area (Å²) < 4.78 is 19.1. The van der Waals surface area contributed by atoms with Gasteiger partial charge in [-0.25, -0.2) is 0 Å². The highest BCUT2D eigenvalue weighted by atomic mass is 16.7. The molecule has 1 heterocycles. The number of benzene rings is 2. The van der Waals surface area contributed by atoms with Crippen LogP contribution in [0.3, 0.4) is 0 Å². The quantitative estimate of drug-likeness (QED) is 0.431. The standard InChI is InChI=1S/C36H38O8/c1-20(38)21-4-9-25(10-5-21)42-26-11-6-22(7-12-26)33-43-31-17-28-27-13-8-23-16-24(39)14-15-34(23,2)32(27)29(40)18-35(28,3)36(31,44-33)30(41)19-37/h4-7,9-12,14-16,27-29,31-33,37,40H,8,13,17-19H2,1-3H3/t27-,28-,29-,31+,32+,33+,34-,35-,36+/m0/s1. The molecule has 0 radical (unpaired) electrons. The number of hydrogen-bond donors (Lipinski definition) is 2. The van der Waals surface area contributed by atoms with Gasteiger partial charge in [0, 0.05) is 27.9 Å². The fourth-order valence-electron chi connectivity index (χ4n) is 9.42. The van der Waals surface area contributed by atoms with Crippen LogP contribution in [0, 0.1) is 28.6 Å². The van der Waals surface area contributed by atoms with Crippen molar-refractivity contribution in [2.45, 2.75) is 70.6 Å². The fourth-order valence-corrected chi connectivity index (χ4v) is 9.42. The number of ketones is 3. The monoisotopic (exact) mass is 598 g/mol. The second kappa shape index (κ2) is 10.3. The predicted molar refractivity (Wildman–Crippen MR) is 160 cm³/mol. The van der Waals surface area contributed by atoms with Gasteiger partial charge < -0.3 is 24.4 Å². The van der Waals surface area contributed by atoms with Crippen LogP contribution in [-0.2, 0) is 19.1 Å². The van der Waals surface area contributed by atoms with Crippen molar-refractivity contribution in [3.05, 3.63) is 83.5 Å². The first-order chi connectivity index (χ1) is 21.0. The molecule has 0 aromatic heterocycles. The van der Waals surface area contributed by atoms with E-state index in [-0.39, 0.29) is 29.3 Å². The van der Waals surface area contributed by atoms with Crippen LogP contribution >= 0.6 is 0 Å². The second-order valence-electron chi connectivity index (χ2n) is 13.6. The van der Waals surface area contributed by atoms with E-state index in [9.17, 15) is 24.6 Å². The highest BCUT2D eigenvalue weighted by Gasteiger charge is 2.75. The zero-order chi connectivity index (χ0) is 31.0. The number of ether oxygens (including phenoxy) is 3. The maximum Gasteiger partial charge on any atom is 0.193 e. The van der Waals surface area contributed by atoms with E-state index in [2.05, 4.69) is 6.92 Å². The van der Waals surface area contributed by atoms with Crippen LogP contribution in [0.25, 0.3) is 0 Å². The molecule has 0 amide bonds. The summed E-state index contributed by atoms with van der Waals surface area (Å²) >= 11 is 0. The molecular weight excluding hydrogens is 560 g/mol. The zero-order valence-corrected chi connectivity index (χ0v) is 25.2. The van der Waals surface area contributed by atoms with Gasteiger partial charge in [-0.15, -0.1) is 0 Å². The average molecular weight is 599 g/mol. The van der Waals surface area contributed by atoms with E-state index < -0.39 is 47.3 Å². The van der Waals surface area contributed by atoms with Crippen molar-refractivity contribution in [1.82, 2.24) is 0 Å². The summed E-state index contributed by atoms with van der Waals surface area (Å²) in [5.41, 5.74) is -0.178. The summed E-state index contributed by atoms with van der Waals surface area (Å²) in [7, 11) is 0. The minimum absolute atomic E-state index is 0.00952. The van der Waals surface area contributed by atoms with Crippen molar-refractivity contribution in [3.8, 4) is 11.5 Å². The Morgan fingerprint density at radius 3 is 2.39 bits per heavy atom. The molecule has 2 N–H and O–H groups in total. The Morgan fingerprint density at radius 2 is 1.73 bits per heavy atom. The topological polar surface area (TPSA) is 119 Å². The van der Waals surface area contributed by atoms with Crippen LogP contribution in [-0.4, -0.2) is 52.0 Å². The smallest absolute Gasteiger partial charge is 0.193 e. The Hall–Kier alpha value is -3.43. The summed E-state index contributed by atoms with van der Waals surface area (Å²) in [4.78, 5) is 37.5. The molecule has 0 unspecified atom stereocenters. The van der Waals surface area contributed by atoms with Crippen molar-refractivity contribution in [3.63, 3.8) is 0 Å². The fraction of sp³-hybridized carbons (Fsp3) is 0.472. The normalized spacial score (nSPS) is 38.7. The maximum atomic E-state index is 13.7. The van der Waals surface area contributed by atoms with E-state index in [0.717, 1.165) is 24.0 Å². The molecule has 44 heavy (non-hydrogen) atoms. The Kier molecular flexibility index (Phi) is 6.86. The number of aliphatic hydroxyl groups excluding tert-OH is 2. The lowest BCUT2D eigenvalue weighted by Gasteiger charge is -2.59. The molecule has 2 aromatic rings. The van der Waals surface area contributed by atoms with Gasteiger partial charge in [0.15, 0.2) is 29.2 Å². The lowest BCUT2D eigenvalue weighted by atomic mass is 9.46. The molecule has 8 heteroatoms. The summed E-state index contributed by atoms with van der Waals surface area (Å²) in [6.45, 7) is 4.98. The molecule has 8 nitrogen and oxygen atoms in total. The van der Waals surface area contributed by atoms with E-state index in [1.165, 1.54) is 6.92 Å². The van der Waals surface area contributed by atoms with Crippen LogP contribution in [0.15, 0.2) is 72.3 Å². The van der Waals surface area contributed by atoms with E-state index in [1.54, 1.807) is 48.6 Å². The summed E-state index contributed by atoms with van der Waals surface area (Å²) in [6, 6.07) is 14.2. The van der Waals surface area contributed by atoms with Crippen molar-refractivity contribution >= 4 is 17.3 Å². The number of Topliss-reactive ketones (excluding diaryl/α,β-unsaturated/α-hetero) is 2. The molecule has 1 saturated heterocycles.